The molecule has 1 N–H and O–H groups in total. The van der Waals surface area contributed by atoms with E-state index in [1.165, 1.54) is 38.2 Å². The molecule has 1 aromatic rings. The highest BCUT2D eigenvalue weighted by atomic mass is 35.5. The molecule has 0 heterocycles. The van der Waals surface area contributed by atoms with Crippen molar-refractivity contribution < 1.29 is 4.39 Å². The fourth-order valence-corrected chi connectivity index (χ4v) is 3.50. The maximum Gasteiger partial charge on any atom is 0.141 e. The second-order valence-electron chi connectivity index (χ2n) is 5.63. The van der Waals surface area contributed by atoms with Crippen LogP contribution in [0.3, 0.4) is 0 Å². The van der Waals surface area contributed by atoms with Gasteiger partial charge in [-0.25, -0.2) is 4.39 Å². The van der Waals surface area contributed by atoms with Gasteiger partial charge in [-0.3, -0.25) is 0 Å². The lowest BCUT2D eigenvalue weighted by molar-refractivity contribution is 0.224. The maximum atomic E-state index is 13.3. The number of nitrogens with one attached hydrogen (secondary N) is 1. The van der Waals surface area contributed by atoms with Crippen LogP contribution in [0.5, 0.6) is 0 Å². The zero-order chi connectivity index (χ0) is 13.8. The van der Waals surface area contributed by atoms with Crippen molar-refractivity contribution in [2.24, 2.45) is 11.8 Å². The largest absolute Gasteiger partial charge is 0.313 e. The summed E-state index contributed by atoms with van der Waals surface area (Å²) in [5.41, 5.74) is 1.11. The predicted molar refractivity (Wildman–Crippen MR) is 78.9 cm³/mol. The second kappa shape index (κ2) is 6.71. The summed E-state index contributed by atoms with van der Waals surface area (Å²) in [5, 5.41) is 3.61. The zero-order valence-corrected chi connectivity index (χ0v) is 12.5. The quantitative estimate of drug-likeness (QED) is 0.824. The molecule has 0 bridgehead atoms. The van der Waals surface area contributed by atoms with Crippen LogP contribution in [0.1, 0.15) is 50.6 Å². The summed E-state index contributed by atoms with van der Waals surface area (Å²) >= 11 is 5.90. The van der Waals surface area contributed by atoms with Crippen LogP contribution in [-0.4, -0.2) is 7.05 Å². The number of benzene rings is 1. The van der Waals surface area contributed by atoms with E-state index in [4.69, 9.17) is 11.6 Å². The van der Waals surface area contributed by atoms with Crippen molar-refractivity contribution in [3.05, 3.63) is 34.6 Å². The Labute approximate surface area is 120 Å². The lowest BCUT2D eigenvalue weighted by Gasteiger charge is -2.34. The Hall–Kier alpha value is -0.600. The Bertz CT molecular complexity index is 413. The Kier molecular flexibility index (Phi) is 5.23. The molecule has 2 rings (SSSR count). The van der Waals surface area contributed by atoms with Gasteiger partial charge in [0, 0.05) is 6.04 Å². The maximum absolute atomic E-state index is 13.3. The highest BCUT2D eigenvalue weighted by molar-refractivity contribution is 6.30. The van der Waals surface area contributed by atoms with Crippen LogP contribution in [-0.2, 0) is 0 Å². The van der Waals surface area contributed by atoms with Crippen LogP contribution in [0.15, 0.2) is 18.2 Å². The van der Waals surface area contributed by atoms with Gasteiger partial charge in [-0.2, -0.15) is 0 Å². The average Bonchev–Trinajstić information content (AvgIpc) is 2.44. The molecule has 0 amide bonds. The van der Waals surface area contributed by atoms with Gasteiger partial charge in [-0.15, -0.1) is 0 Å². The summed E-state index contributed by atoms with van der Waals surface area (Å²) in [4.78, 5) is 0. The minimum absolute atomic E-state index is 0.222. The third-order valence-corrected chi connectivity index (χ3v) is 4.84. The molecule has 1 atom stereocenters. The summed E-state index contributed by atoms with van der Waals surface area (Å²) in [6.07, 6.45) is 6.42. The molecule has 1 saturated carbocycles. The smallest absolute Gasteiger partial charge is 0.141 e. The van der Waals surface area contributed by atoms with Crippen molar-refractivity contribution in [3.8, 4) is 0 Å². The van der Waals surface area contributed by atoms with E-state index in [2.05, 4.69) is 12.2 Å². The standard InChI is InChI=1S/C16H23ClFN/c1-3-11-4-6-12(7-5-11)16(19-2)13-8-9-15(18)14(17)10-13/h8-12,16,19H,3-7H2,1-2H3. The molecule has 106 valence electrons. The topological polar surface area (TPSA) is 12.0 Å². The van der Waals surface area contributed by atoms with Gasteiger partial charge in [0.15, 0.2) is 0 Å². The first-order valence-corrected chi connectivity index (χ1v) is 7.65. The number of rotatable bonds is 4. The van der Waals surface area contributed by atoms with E-state index in [9.17, 15) is 4.39 Å². The van der Waals surface area contributed by atoms with Gasteiger partial charge >= 0.3 is 0 Å². The van der Waals surface area contributed by atoms with Crippen LogP contribution in [0, 0.1) is 17.7 Å². The molecule has 1 aliphatic carbocycles. The number of hydrogen-bond acceptors (Lipinski definition) is 1. The Morgan fingerprint density at radius 3 is 2.53 bits per heavy atom. The highest BCUT2D eigenvalue weighted by Gasteiger charge is 2.27. The van der Waals surface area contributed by atoms with Crippen molar-refractivity contribution >= 4 is 11.6 Å². The van der Waals surface area contributed by atoms with E-state index in [-0.39, 0.29) is 16.9 Å². The van der Waals surface area contributed by atoms with Gasteiger partial charge < -0.3 is 5.32 Å². The van der Waals surface area contributed by atoms with Gasteiger partial charge in [-0.1, -0.05) is 43.9 Å². The van der Waals surface area contributed by atoms with Gasteiger partial charge in [0.25, 0.3) is 0 Å². The van der Waals surface area contributed by atoms with Gasteiger partial charge in [0.1, 0.15) is 5.82 Å². The highest BCUT2D eigenvalue weighted by Crippen LogP contribution is 2.38. The molecule has 0 radical (unpaired) electrons. The molecule has 3 heteroatoms. The molecule has 0 spiro atoms. The van der Waals surface area contributed by atoms with E-state index in [0.29, 0.717) is 5.92 Å². The summed E-state index contributed by atoms with van der Waals surface area (Å²) < 4.78 is 13.3. The fraction of sp³-hybridized carbons (Fsp3) is 0.625. The normalized spacial score (nSPS) is 25.3. The van der Waals surface area contributed by atoms with Crippen molar-refractivity contribution in [1.29, 1.82) is 0 Å². The van der Waals surface area contributed by atoms with Crippen LogP contribution in [0.25, 0.3) is 0 Å². The first-order chi connectivity index (χ1) is 9.15. The second-order valence-corrected chi connectivity index (χ2v) is 6.04. The van der Waals surface area contributed by atoms with E-state index in [1.807, 2.05) is 13.1 Å². The third kappa shape index (κ3) is 3.49. The molecule has 1 fully saturated rings. The predicted octanol–water partition coefficient (Wildman–Crippen LogP) is 4.96. The zero-order valence-electron chi connectivity index (χ0n) is 11.8. The molecule has 1 nitrogen and oxygen atoms in total. The van der Waals surface area contributed by atoms with Crippen molar-refractivity contribution in [2.45, 2.75) is 45.1 Å². The summed E-state index contributed by atoms with van der Waals surface area (Å²) in [6, 6.07) is 5.38. The molecule has 0 aliphatic heterocycles. The molecule has 0 aromatic heterocycles. The summed E-state index contributed by atoms with van der Waals surface area (Å²) in [7, 11) is 1.98. The molecule has 0 saturated heterocycles. The van der Waals surface area contributed by atoms with E-state index >= 15 is 0 Å². The Morgan fingerprint density at radius 2 is 2.00 bits per heavy atom. The monoisotopic (exact) mass is 283 g/mol. The minimum Gasteiger partial charge on any atom is -0.313 e. The van der Waals surface area contributed by atoms with Crippen LogP contribution < -0.4 is 5.32 Å². The number of hydrogen-bond donors (Lipinski definition) is 1. The molecule has 1 aliphatic rings. The first kappa shape index (κ1) is 14.8. The van der Waals surface area contributed by atoms with Crippen molar-refractivity contribution in [1.82, 2.24) is 5.32 Å². The summed E-state index contributed by atoms with van der Waals surface area (Å²) in [5.74, 6) is 1.19. The van der Waals surface area contributed by atoms with Crippen LogP contribution in [0.2, 0.25) is 5.02 Å². The lowest BCUT2D eigenvalue weighted by Crippen LogP contribution is -2.28. The SMILES string of the molecule is CCC1CCC(C(NC)c2ccc(F)c(Cl)c2)CC1. The minimum atomic E-state index is -0.338. The Balaban J connectivity index is 2.09. The van der Waals surface area contributed by atoms with Crippen molar-refractivity contribution in [3.63, 3.8) is 0 Å². The van der Waals surface area contributed by atoms with Crippen LogP contribution >= 0.6 is 11.6 Å². The summed E-state index contributed by atoms with van der Waals surface area (Å²) in [6.45, 7) is 2.28. The first-order valence-electron chi connectivity index (χ1n) is 7.28. The van der Waals surface area contributed by atoms with Gasteiger partial charge in [-0.05, 0) is 49.4 Å². The van der Waals surface area contributed by atoms with Gasteiger partial charge in [0.2, 0.25) is 0 Å². The molecular weight excluding hydrogens is 261 g/mol. The average molecular weight is 284 g/mol. The molecular formula is C16H23ClFN. The fourth-order valence-electron chi connectivity index (χ4n) is 3.31. The van der Waals surface area contributed by atoms with E-state index in [0.717, 1.165) is 11.5 Å². The molecule has 1 aromatic carbocycles. The van der Waals surface area contributed by atoms with Crippen molar-refractivity contribution in [2.75, 3.05) is 7.05 Å². The third-order valence-electron chi connectivity index (χ3n) is 4.55. The molecule has 1 unspecified atom stereocenters. The van der Waals surface area contributed by atoms with E-state index < -0.39 is 0 Å². The Morgan fingerprint density at radius 1 is 1.32 bits per heavy atom. The van der Waals surface area contributed by atoms with E-state index in [1.54, 1.807) is 6.07 Å². The van der Waals surface area contributed by atoms with Crippen LogP contribution in [0.4, 0.5) is 4.39 Å². The van der Waals surface area contributed by atoms with Gasteiger partial charge in [0.05, 0.1) is 5.02 Å². The molecule has 19 heavy (non-hydrogen) atoms. The lowest BCUT2D eigenvalue weighted by atomic mass is 9.76. The number of halogens is 2.